The van der Waals surface area contributed by atoms with E-state index in [-0.39, 0.29) is 25.5 Å². The summed E-state index contributed by atoms with van der Waals surface area (Å²) in [5.41, 5.74) is 4.10. The quantitative estimate of drug-likeness (QED) is 0.0920. The lowest BCUT2D eigenvalue weighted by Gasteiger charge is -2.08. The summed E-state index contributed by atoms with van der Waals surface area (Å²) in [6, 6.07) is 15.4. The minimum absolute atomic E-state index is 0.0294. The highest BCUT2D eigenvalue weighted by Crippen LogP contribution is 2.80. The van der Waals surface area contributed by atoms with Crippen molar-refractivity contribution in [3.05, 3.63) is 65.2 Å². The van der Waals surface area contributed by atoms with Crippen LogP contribution in [-0.2, 0) is 47.8 Å². The van der Waals surface area contributed by atoms with Crippen molar-refractivity contribution in [2.45, 2.75) is 20.5 Å². The highest BCUT2D eigenvalue weighted by molar-refractivity contribution is 7.70. The Morgan fingerprint density at radius 2 is 1.24 bits per heavy atom. The number of benzene rings is 2. The van der Waals surface area contributed by atoms with Crippen LogP contribution >= 0.6 is 31.5 Å². The summed E-state index contributed by atoms with van der Waals surface area (Å²) in [5, 5.41) is 2.97. The Hall–Kier alpha value is -0.880. The van der Waals surface area contributed by atoms with Gasteiger partial charge in [0.05, 0.1) is 44.2 Å². The average Bonchev–Trinajstić information content (AvgIpc) is 3.72. The molecule has 2 aliphatic heterocycles. The lowest BCUT2D eigenvalue weighted by molar-refractivity contribution is 0.0850. The molecule has 18 heteroatoms. The molecule has 0 aromatic heterocycles. The van der Waals surface area contributed by atoms with Crippen LogP contribution in [0.25, 0.3) is 0 Å². The molecule has 0 amide bonds. The van der Waals surface area contributed by atoms with E-state index < -0.39 is 31.5 Å². The van der Waals surface area contributed by atoms with Gasteiger partial charge in [-0.25, -0.2) is 0 Å². The molecule has 14 nitrogen and oxygen atoms in total. The first-order chi connectivity index (χ1) is 17.3. The molecule has 37 heavy (non-hydrogen) atoms. The summed E-state index contributed by atoms with van der Waals surface area (Å²) < 4.78 is 53.6. The topological polar surface area (TPSA) is 205 Å². The fraction of sp³-hybridized carbons (Fsp3) is 0.368. The second-order valence-corrected chi connectivity index (χ2v) is 15.2. The first-order valence-electron chi connectivity index (χ1n) is 10.8. The summed E-state index contributed by atoms with van der Waals surface area (Å²) in [4.78, 5) is 37.0. The van der Waals surface area contributed by atoms with Gasteiger partial charge in [0.25, 0.3) is 0 Å². The van der Waals surface area contributed by atoms with Gasteiger partial charge in [-0.2, -0.15) is 9.79 Å². The summed E-state index contributed by atoms with van der Waals surface area (Å²) in [5.74, 6) is 0. The number of rotatable bonds is 13. The van der Waals surface area contributed by atoms with Gasteiger partial charge in [0, 0.05) is 12.2 Å². The molecule has 2 aliphatic rings. The Labute approximate surface area is 214 Å². The molecule has 0 radical (unpaired) electrons. The van der Waals surface area contributed by atoms with Crippen LogP contribution in [0, 0.1) is 13.8 Å². The number of hydrogen-bond acceptors (Lipinski definition) is 12. The molecular formula is C19H29NO13P4+2. The zero-order valence-electron chi connectivity index (χ0n) is 19.9. The molecule has 2 atom stereocenters. The summed E-state index contributed by atoms with van der Waals surface area (Å²) in [6.07, 6.45) is -0.399. The smallest absolute Gasteiger partial charge is 0.384 e. The van der Waals surface area contributed by atoms with Crippen LogP contribution in [0.5, 0.6) is 0 Å². The van der Waals surface area contributed by atoms with Crippen molar-refractivity contribution in [2.75, 3.05) is 30.8 Å². The SMILES string of the molecule is Cc1ccc(COCCP(=O)(O)O[P+]2(O)OO2)cc1.Cc1ccc(NCCP(=O)(O)O[P+]2(O)OO2)cc1. The largest absolute Gasteiger partial charge is 0.650 e. The second-order valence-electron chi connectivity index (χ2n) is 7.95. The Bertz CT molecular complexity index is 1110. The highest BCUT2D eigenvalue weighted by atomic mass is 31.3. The first-order valence-corrected chi connectivity index (χ1v) is 17.3. The van der Waals surface area contributed by atoms with Gasteiger partial charge in [0.15, 0.2) is 0 Å². The third-order valence-electron chi connectivity index (χ3n) is 4.55. The molecule has 0 aliphatic carbocycles. The van der Waals surface area contributed by atoms with Crippen molar-refractivity contribution in [3.63, 3.8) is 0 Å². The number of anilines is 1. The summed E-state index contributed by atoms with van der Waals surface area (Å²) >= 11 is 0. The third kappa shape index (κ3) is 12.2. The molecule has 2 aromatic rings. The van der Waals surface area contributed by atoms with Crippen LogP contribution in [0.3, 0.4) is 0 Å². The Morgan fingerprint density at radius 3 is 1.73 bits per heavy atom. The van der Waals surface area contributed by atoms with Gasteiger partial charge < -0.3 is 19.8 Å². The number of hydrogen-bond donors (Lipinski definition) is 5. The van der Waals surface area contributed by atoms with Gasteiger partial charge in [-0.05, 0) is 31.5 Å². The minimum atomic E-state index is -3.96. The van der Waals surface area contributed by atoms with E-state index in [4.69, 9.17) is 14.5 Å². The highest BCUT2D eigenvalue weighted by Gasteiger charge is 2.72. The van der Waals surface area contributed by atoms with Gasteiger partial charge in [-0.1, -0.05) is 56.1 Å². The van der Waals surface area contributed by atoms with Gasteiger partial charge >= 0.3 is 31.5 Å². The van der Waals surface area contributed by atoms with E-state index in [0.717, 1.165) is 22.4 Å². The molecule has 2 unspecified atom stereocenters. The van der Waals surface area contributed by atoms with Crippen LogP contribution in [0.1, 0.15) is 16.7 Å². The number of ether oxygens (including phenoxy) is 1. The maximum Gasteiger partial charge on any atom is 0.650 e. The maximum absolute atomic E-state index is 11.5. The van der Waals surface area contributed by atoms with Crippen molar-refractivity contribution in [3.8, 4) is 0 Å². The predicted octanol–water partition coefficient (Wildman–Crippen LogP) is 4.59. The van der Waals surface area contributed by atoms with Gasteiger partial charge in [-0.15, -0.1) is 0 Å². The van der Waals surface area contributed by atoms with Gasteiger partial charge in [0.1, 0.15) is 0 Å². The predicted molar refractivity (Wildman–Crippen MR) is 135 cm³/mol. The molecular weight excluding hydrogens is 574 g/mol. The maximum atomic E-state index is 11.5. The van der Waals surface area contributed by atoms with E-state index in [0.29, 0.717) is 6.61 Å². The van der Waals surface area contributed by atoms with Crippen LogP contribution in [0.15, 0.2) is 48.5 Å². The van der Waals surface area contributed by atoms with Crippen molar-refractivity contribution < 1.29 is 60.8 Å². The first kappa shape index (κ1) is 30.7. The molecule has 5 N–H and O–H groups in total. The van der Waals surface area contributed by atoms with Crippen molar-refractivity contribution >= 4 is 37.2 Å². The third-order valence-corrected chi connectivity index (χ3v) is 10.6. The van der Waals surface area contributed by atoms with Crippen LogP contribution in [-0.4, -0.2) is 45.0 Å². The molecule has 2 fully saturated rings. The van der Waals surface area contributed by atoms with Crippen LogP contribution in [0.2, 0.25) is 0 Å². The van der Waals surface area contributed by atoms with E-state index in [9.17, 15) is 18.9 Å². The lowest BCUT2D eigenvalue weighted by Crippen LogP contribution is -2.07. The Balaban J connectivity index is 0.000000206. The van der Waals surface area contributed by atoms with Crippen LogP contribution in [0.4, 0.5) is 5.69 Å². The Morgan fingerprint density at radius 1 is 0.784 bits per heavy atom. The van der Waals surface area contributed by atoms with E-state index in [1.807, 2.05) is 62.4 Å². The van der Waals surface area contributed by atoms with Crippen LogP contribution < -0.4 is 5.32 Å². The molecule has 2 heterocycles. The van der Waals surface area contributed by atoms with E-state index >= 15 is 0 Å². The molecule has 4 rings (SSSR count). The summed E-state index contributed by atoms with van der Waals surface area (Å²) in [6.45, 7) is 4.56. The van der Waals surface area contributed by atoms with Crippen molar-refractivity contribution in [1.29, 1.82) is 0 Å². The minimum Gasteiger partial charge on any atom is -0.384 e. The second kappa shape index (κ2) is 13.0. The van der Waals surface area contributed by atoms with E-state index in [1.165, 1.54) is 0 Å². The Kier molecular flexibility index (Phi) is 10.8. The molecule has 2 saturated heterocycles. The number of aryl methyl sites for hydroxylation is 2. The standard InChI is InChI=1S/C10H14O7P2.C9H13NO6P2/c1-9-2-4-10(5-3-9)8-14-6-7-18(11,12)17-19(13)15-16-19;1-8-2-4-9(5-3-8)10-6-7-17(11,12)16-18(13)14-15-18/h2-5,13H,6-8H2,1H3;2-5,10,13H,6-7H2,1H3/p+2. The van der Waals surface area contributed by atoms with Crippen molar-refractivity contribution in [1.82, 2.24) is 0 Å². The van der Waals surface area contributed by atoms with Crippen molar-refractivity contribution in [2.24, 2.45) is 0 Å². The molecule has 206 valence electrons. The number of nitrogens with one attached hydrogen (secondary N) is 1. The average molecular weight is 603 g/mol. The monoisotopic (exact) mass is 603 g/mol. The van der Waals surface area contributed by atoms with Gasteiger partial charge in [0.2, 0.25) is 0 Å². The molecule has 0 spiro atoms. The van der Waals surface area contributed by atoms with Gasteiger partial charge in [-0.3, -0.25) is 9.13 Å². The zero-order chi connectivity index (χ0) is 27.2. The molecule has 0 bridgehead atoms. The van der Waals surface area contributed by atoms with E-state index in [2.05, 4.69) is 32.6 Å². The zero-order valence-corrected chi connectivity index (χ0v) is 23.5. The lowest BCUT2D eigenvalue weighted by atomic mass is 10.2. The molecule has 0 saturated carbocycles. The normalized spacial score (nSPS) is 20.1. The summed E-state index contributed by atoms with van der Waals surface area (Å²) in [7, 11) is -14.8. The fourth-order valence-electron chi connectivity index (χ4n) is 2.58. The van der Waals surface area contributed by atoms with E-state index in [1.54, 1.807) is 0 Å². The molecule has 2 aromatic carbocycles. The fourth-order valence-corrected chi connectivity index (χ4v) is 7.46.